The molecule has 3 aromatic carbocycles. The van der Waals surface area contributed by atoms with Crippen LogP contribution in [0.1, 0.15) is 22.3 Å². The second-order valence-corrected chi connectivity index (χ2v) is 7.28. The number of hydrogen-bond acceptors (Lipinski definition) is 5. The fourth-order valence-corrected chi connectivity index (χ4v) is 3.30. The Kier molecular flexibility index (Phi) is 8.52. The molecule has 0 aliphatic heterocycles. The van der Waals surface area contributed by atoms with E-state index in [2.05, 4.69) is 5.32 Å². The smallest absolute Gasteiger partial charge is 0.224 e. The third kappa shape index (κ3) is 6.49. The fraction of sp³-hybridized carbons (Fsp3) is 0.269. The molecule has 1 amide bonds. The molecule has 6 nitrogen and oxygen atoms in total. The molecular formula is C26H29NO5. The van der Waals surface area contributed by atoms with Crippen molar-refractivity contribution in [2.45, 2.75) is 26.2 Å². The maximum atomic E-state index is 12.4. The van der Waals surface area contributed by atoms with Gasteiger partial charge in [0.05, 0.1) is 41.0 Å². The predicted octanol–water partition coefficient (Wildman–Crippen LogP) is 4.29. The standard InChI is InChI=1S/C26H29NO5/c1-29-23-13-22(14-24(30-2)26(23)31-3)15-25(28)27-16-19-9-11-21(12-10-19)18-32-17-20-7-5-4-6-8-20/h4-14H,15-18H2,1-3H3,(H,27,28). The number of rotatable bonds is 11. The van der Waals surface area contributed by atoms with Crippen molar-refractivity contribution < 1.29 is 23.7 Å². The number of methoxy groups -OCH3 is 3. The number of ether oxygens (including phenoxy) is 4. The van der Waals surface area contributed by atoms with Crippen LogP contribution in [0.25, 0.3) is 0 Å². The Morgan fingerprint density at radius 1 is 0.719 bits per heavy atom. The van der Waals surface area contributed by atoms with E-state index in [9.17, 15) is 4.79 Å². The normalized spacial score (nSPS) is 10.5. The minimum absolute atomic E-state index is 0.0884. The summed E-state index contributed by atoms with van der Waals surface area (Å²) in [6, 6.07) is 21.7. The van der Waals surface area contributed by atoms with Crippen molar-refractivity contribution in [3.05, 3.63) is 89.0 Å². The van der Waals surface area contributed by atoms with Crippen LogP contribution in [0.2, 0.25) is 0 Å². The van der Waals surface area contributed by atoms with E-state index >= 15 is 0 Å². The zero-order valence-electron chi connectivity index (χ0n) is 18.7. The summed E-state index contributed by atoms with van der Waals surface area (Å²) >= 11 is 0. The number of nitrogens with one attached hydrogen (secondary N) is 1. The fourth-order valence-electron chi connectivity index (χ4n) is 3.30. The summed E-state index contributed by atoms with van der Waals surface area (Å²) in [6.07, 6.45) is 0.210. The summed E-state index contributed by atoms with van der Waals surface area (Å²) in [5.41, 5.74) is 4.05. The highest BCUT2D eigenvalue weighted by molar-refractivity contribution is 5.79. The van der Waals surface area contributed by atoms with E-state index in [-0.39, 0.29) is 12.3 Å². The van der Waals surface area contributed by atoms with Crippen molar-refractivity contribution in [1.82, 2.24) is 5.32 Å². The summed E-state index contributed by atoms with van der Waals surface area (Å²) in [6.45, 7) is 1.58. The van der Waals surface area contributed by atoms with Crippen LogP contribution >= 0.6 is 0 Å². The molecule has 0 spiro atoms. The van der Waals surface area contributed by atoms with Crippen LogP contribution in [0.3, 0.4) is 0 Å². The Labute approximate surface area is 189 Å². The Balaban J connectivity index is 1.48. The maximum Gasteiger partial charge on any atom is 0.224 e. The minimum atomic E-state index is -0.0884. The van der Waals surface area contributed by atoms with Gasteiger partial charge in [-0.3, -0.25) is 4.79 Å². The number of benzene rings is 3. The molecule has 3 rings (SSSR count). The second-order valence-electron chi connectivity index (χ2n) is 7.28. The molecule has 3 aromatic rings. The van der Waals surface area contributed by atoms with Crippen LogP contribution in [0, 0.1) is 0 Å². The molecular weight excluding hydrogens is 406 g/mol. The first-order valence-corrected chi connectivity index (χ1v) is 10.4. The molecule has 0 unspecified atom stereocenters. The zero-order valence-corrected chi connectivity index (χ0v) is 18.7. The van der Waals surface area contributed by atoms with Gasteiger partial charge in [-0.2, -0.15) is 0 Å². The van der Waals surface area contributed by atoms with Crippen LogP contribution < -0.4 is 19.5 Å². The van der Waals surface area contributed by atoms with Crippen molar-refractivity contribution >= 4 is 5.91 Å². The summed E-state index contributed by atoms with van der Waals surface area (Å²) in [5.74, 6) is 1.47. The molecule has 0 saturated heterocycles. The third-order valence-corrected chi connectivity index (χ3v) is 4.98. The van der Waals surface area contributed by atoms with Gasteiger partial charge in [-0.1, -0.05) is 54.6 Å². The molecule has 0 atom stereocenters. The molecule has 32 heavy (non-hydrogen) atoms. The van der Waals surface area contributed by atoms with Gasteiger partial charge in [-0.05, 0) is 34.4 Å². The Bertz CT molecular complexity index is 977. The molecule has 0 fully saturated rings. The van der Waals surface area contributed by atoms with Crippen LogP contribution in [0.5, 0.6) is 17.2 Å². The van der Waals surface area contributed by atoms with Gasteiger partial charge in [0.1, 0.15) is 0 Å². The van der Waals surface area contributed by atoms with Crippen molar-refractivity contribution in [1.29, 1.82) is 0 Å². The maximum absolute atomic E-state index is 12.4. The van der Waals surface area contributed by atoms with Gasteiger partial charge in [0.15, 0.2) is 11.5 Å². The Morgan fingerprint density at radius 2 is 1.28 bits per heavy atom. The zero-order chi connectivity index (χ0) is 22.8. The molecule has 6 heteroatoms. The minimum Gasteiger partial charge on any atom is -0.493 e. The van der Waals surface area contributed by atoms with Crippen molar-refractivity contribution in [3.63, 3.8) is 0 Å². The molecule has 0 bridgehead atoms. The van der Waals surface area contributed by atoms with Crippen LogP contribution in [-0.4, -0.2) is 27.2 Å². The van der Waals surface area contributed by atoms with Gasteiger partial charge in [-0.15, -0.1) is 0 Å². The van der Waals surface area contributed by atoms with E-state index in [1.54, 1.807) is 33.5 Å². The highest BCUT2D eigenvalue weighted by Gasteiger charge is 2.14. The average Bonchev–Trinajstić information content (AvgIpc) is 2.83. The lowest BCUT2D eigenvalue weighted by Gasteiger charge is -2.14. The molecule has 0 heterocycles. The van der Waals surface area contributed by atoms with Crippen LogP contribution in [0.15, 0.2) is 66.7 Å². The van der Waals surface area contributed by atoms with Gasteiger partial charge in [-0.25, -0.2) is 0 Å². The molecule has 0 aromatic heterocycles. The highest BCUT2D eigenvalue weighted by atomic mass is 16.5. The first-order valence-electron chi connectivity index (χ1n) is 10.4. The van der Waals surface area contributed by atoms with Crippen LogP contribution in [-0.2, 0) is 35.7 Å². The van der Waals surface area contributed by atoms with E-state index in [0.29, 0.717) is 37.0 Å². The van der Waals surface area contributed by atoms with Crippen molar-refractivity contribution in [2.75, 3.05) is 21.3 Å². The van der Waals surface area contributed by atoms with E-state index in [0.717, 1.165) is 22.3 Å². The number of hydrogen-bond donors (Lipinski definition) is 1. The largest absolute Gasteiger partial charge is 0.493 e. The van der Waals surface area contributed by atoms with Gasteiger partial charge >= 0.3 is 0 Å². The van der Waals surface area contributed by atoms with E-state index in [1.165, 1.54) is 0 Å². The van der Waals surface area contributed by atoms with Crippen molar-refractivity contribution in [3.8, 4) is 17.2 Å². The summed E-state index contributed by atoms with van der Waals surface area (Å²) in [5, 5.41) is 2.95. The van der Waals surface area contributed by atoms with Gasteiger partial charge in [0.2, 0.25) is 11.7 Å². The van der Waals surface area contributed by atoms with Crippen molar-refractivity contribution in [2.24, 2.45) is 0 Å². The SMILES string of the molecule is COc1cc(CC(=O)NCc2ccc(COCc3ccccc3)cc2)cc(OC)c1OC. The first-order chi connectivity index (χ1) is 15.6. The van der Waals surface area contributed by atoms with Crippen LogP contribution in [0.4, 0.5) is 0 Å². The van der Waals surface area contributed by atoms with E-state index in [4.69, 9.17) is 18.9 Å². The van der Waals surface area contributed by atoms with E-state index in [1.807, 2.05) is 54.6 Å². The lowest BCUT2D eigenvalue weighted by molar-refractivity contribution is -0.120. The third-order valence-electron chi connectivity index (χ3n) is 4.98. The average molecular weight is 436 g/mol. The van der Waals surface area contributed by atoms with Gasteiger partial charge < -0.3 is 24.3 Å². The molecule has 0 saturated carbocycles. The molecule has 168 valence electrons. The Hall–Kier alpha value is -3.51. The topological polar surface area (TPSA) is 66.0 Å². The summed E-state index contributed by atoms with van der Waals surface area (Å²) in [7, 11) is 4.66. The second kappa shape index (κ2) is 11.8. The highest BCUT2D eigenvalue weighted by Crippen LogP contribution is 2.38. The predicted molar refractivity (Wildman–Crippen MR) is 123 cm³/mol. The number of carbonyl (C=O) groups is 1. The first kappa shape index (κ1) is 23.2. The molecule has 0 radical (unpaired) electrons. The number of carbonyl (C=O) groups excluding carboxylic acids is 1. The van der Waals surface area contributed by atoms with Gasteiger partial charge in [0, 0.05) is 6.54 Å². The molecule has 0 aliphatic rings. The Morgan fingerprint density at radius 3 is 1.84 bits per heavy atom. The van der Waals surface area contributed by atoms with E-state index < -0.39 is 0 Å². The quantitative estimate of drug-likeness (QED) is 0.487. The summed E-state index contributed by atoms with van der Waals surface area (Å²) < 4.78 is 21.8. The monoisotopic (exact) mass is 435 g/mol. The molecule has 0 aliphatic carbocycles. The van der Waals surface area contributed by atoms with Gasteiger partial charge in [0.25, 0.3) is 0 Å². The molecule has 1 N–H and O–H groups in total. The summed E-state index contributed by atoms with van der Waals surface area (Å²) in [4.78, 5) is 12.4. The lowest BCUT2D eigenvalue weighted by Crippen LogP contribution is -2.24. The number of amides is 1. The lowest BCUT2D eigenvalue weighted by atomic mass is 10.1.